The summed E-state index contributed by atoms with van der Waals surface area (Å²) in [5.41, 5.74) is 2.15. The van der Waals surface area contributed by atoms with Crippen LogP contribution in [0.4, 0.5) is 10.1 Å². The SMILES string of the molecule is N#Cc1cc(F)cc2c1NCCC2. The minimum Gasteiger partial charge on any atom is -0.384 e. The quantitative estimate of drug-likeness (QED) is 0.656. The van der Waals surface area contributed by atoms with Crippen LogP contribution < -0.4 is 5.32 Å². The summed E-state index contributed by atoms with van der Waals surface area (Å²) in [5.74, 6) is -0.320. The molecule has 2 rings (SSSR count). The van der Waals surface area contributed by atoms with E-state index in [1.165, 1.54) is 12.1 Å². The van der Waals surface area contributed by atoms with Gasteiger partial charge in [-0.05, 0) is 30.5 Å². The van der Waals surface area contributed by atoms with E-state index in [9.17, 15) is 4.39 Å². The van der Waals surface area contributed by atoms with Gasteiger partial charge in [0.1, 0.15) is 11.9 Å². The highest BCUT2D eigenvalue weighted by atomic mass is 19.1. The molecule has 0 aromatic heterocycles. The average Bonchev–Trinajstić information content (AvgIpc) is 2.16. The Morgan fingerprint density at radius 3 is 3.08 bits per heavy atom. The molecule has 1 aliphatic rings. The number of nitrogens with zero attached hydrogens (tertiary/aromatic N) is 1. The van der Waals surface area contributed by atoms with Gasteiger partial charge in [0.15, 0.2) is 0 Å². The standard InChI is InChI=1S/C10H9FN2/c11-9-4-7-2-1-3-13-10(7)8(5-9)6-12/h4-5,13H,1-3H2. The van der Waals surface area contributed by atoms with Crippen LogP contribution in [0.1, 0.15) is 17.5 Å². The first kappa shape index (κ1) is 8.06. The molecule has 0 saturated heterocycles. The Morgan fingerprint density at radius 1 is 1.46 bits per heavy atom. The van der Waals surface area contributed by atoms with Crippen LogP contribution in [0.3, 0.4) is 0 Å². The van der Waals surface area contributed by atoms with Gasteiger partial charge in [-0.15, -0.1) is 0 Å². The molecule has 13 heavy (non-hydrogen) atoms. The third-order valence-corrected chi connectivity index (χ3v) is 2.23. The molecule has 0 aliphatic carbocycles. The lowest BCUT2D eigenvalue weighted by Gasteiger charge is -2.18. The van der Waals surface area contributed by atoms with E-state index >= 15 is 0 Å². The zero-order chi connectivity index (χ0) is 9.26. The van der Waals surface area contributed by atoms with Gasteiger partial charge in [-0.25, -0.2) is 4.39 Å². The van der Waals surface area contributed by atoms with Gasteiger partial charge in [0.2, 0.25) is 0 Å². The van der Waals surface area contributed by atoms with Gasteiger partial charge >= 0.3 is 0 Å². The van der Waals surface area contributed by atoms with Gasteiger partial charge in [0.25, 0.3) is 0 Å². The lowest BCUT2D eigenvalue weighted by Crippen LogP contribution is -2.13. The van der Waals surface area contributed by atoms with E-state index in [1.807, 2.05) is 6.07 Å². The summed E-state index contributed by atoms with van der Waals surface area (Å²) >= 11 is 0. The van der Waals surface area contributed by atoms with Crippen molar-refractivity contribution < 1.29 is 4.39 Å². The highest BCUT2D eigenvalue weighted by molar-refractivity contribution is 5.63. The second-order valence-corrected chi connectivity index (χ2v) is 3.13. The number of hydrogen-bond donors (Lipinski definition) is 1. The average molecular weight is 176 g/mol. The van der Waals surface area contributed by atoms with Crippen molar-refractivity contribution in [2.45, 2.75) is 12.8 Å². The second kappa shape index (κ2) is 3.06. The molecule has 1 aliphatic heterocycles. The van der Waals surface area contributed by atoms with Gasteiger partial charge in [-0.1, -0.05) is 0 Å². The second-order valence-electron chi connectivity index (χ2n) is 3.13. The van der Waals surface area contributed by atoms with Crippen LogP contribution in [0, 0.1) is 17.1 Å². The molecule has 0 amide bonds. The lowest BCUT2D eigenvalue weighted by molar-refractivity contribution is 0.623. The molecule has 1 heterocycles. The fraction of sp³-hybridized carbons (Fsp3) is 0.300. The van der Waals surface area contributed by atoms with Crippen molar-refractivity contribution in [1.82, 2.24) is 0 Å². The Hall–Kier alpha value is -1.56. The molecule has 2 nitrogen and oxygen atoms in total. The molecule has 0 atom stereocenters. The molecule has 0 saturated carbocycles. The van der Waals surface area contributed by atoms with E-state index in [4.69, 9.17) is 5.26 Å². The summed E-state index contributed by atoms with van der Waals surface area (Å²) in [6.45, 7) is 0.868. The Balaban J connectivity index is 2.58. The van der Waals surface area contributed by atoms with Crippen LogP contribution in [0.25, 0.3) is 0 Å². The van der Waals surface area contributed by atoms with E-state index in [1.54, 1.807) is 0 Å². The Labute approximate surface area is 76.0 Å². The van der Waals surface area contributed by atoms with Crippen molar-refractivity contribution in [2.75, 3.05) is 11.9 Å². The molecule has 3 heteroatoms. The normalized spacial score (nSPS) is 14.2. The maximum Gasteiger partial charge on any atom is 0.124 e. The number of fused-ring (bicyclic) bond motifs is 1. The van der Waals surface area contributed by atoms with E-state index in [-0.39, 0.29) is 5.82 Å². The van der Waals surface area contributed by atoms with Gasteiger partial charge in [-0.2, -0.15) is 5.26 Å². The van der Waals surface area contributed by atoms with Gasteiger partial charge in [-0.3, -0.25) is 0 Å². The molecule has 0 unspecified atom stereocenters. The fourth-order valence-electron chi connectivity index (χ4n) is 1.65. The van der Waals surface area contributed by atoms with Crippen molar-refractivity contribution in [1.29, 1.82) is 5.26 Å². The molecular formula is C10H9FN2. The van der Waals surface area contributed by atoms with Crippen molar-refractivity contribution >= 4 is 5.69 Å². The predicted octanol–water partition coefficient (Wildman–Crippen LogP) is 2.06. The van der Waals surface area contributed by atoms with E-state index in [2.05, 4.69) is 5.32 Å². The van der Waals surface area contributed by atoms with E-state index < -0.39 is 0 Å². The van der Waals surface area contributed by atoms with Crippen LogP contribution >= 0.6 is 0 Å². The maximum atomic E-state index is 13.0. The van der Waals surface area contributed by atoms with Crippen LogP contribution in [0.5, 0.6) is 0 Å². The highest BCUT2D eigenvalue weighted by Gasteiger charge is 2.13. The van der Waals surface area contributed by atoms with Gasteiger partial charge in [0.05, 0.1) is 11.3 Å². The molecule has 66 valence electrons. The summed E-state index contributed by atoms with van der Waals surface area (Å²) < 4.78 is 13.0. The monoisotopic (exact) mass is 176 g/mol. The van der Waals surface area contributed by atoms with Crippen LogP contribution in [-0.4, -0.2) is 6.54 Å². The predicted molar refractivity (Wildman–Crippen MR) is 47.9 cm³/mol. The summed E-state index contributed by atoms with van der Waals surface area (Å²) in [7, 11) is 0. The van der Waals surface area contributed by atoms with Crippen molar-refractivity contribution in [2.24, 2.45) is 0 Å². The topological polar surface area (TPSA) is 35.8 Å². The fourth-order valence-corrected chi connectivity index (χ4v) is 1.65. The summed E-state index contributed by atoms with van der Waals surface area (Å²) in [5, 5.41) is 11.9. The molecular weight excluding hydrogens is 167 g/mol. The van der Waals surface area contributed by atoms with Gasteiger partial charge in [0, 0.05) is 6.54 Å². The van der Waals surface area contributed by atoms with Crippen LogP contribution in [0.15, 0.2) is 12.1 Å². The minimum absolute atomic E-state index is 0.320. The largest absolute Gasteiger partial charge is 0.384 e. The number of benzene rings is 1. The Bertz CT molecular complexity index is 379. The molecule has 1 N–H and O–H groups in total. The number of hydrogen-bond acceptors (Lipinski definition) is 2. The minimum atomic E-state index is -0.320. The number of rotatable bonds is 0. The van der Waals surface area contributed by atoms with Crippen molar-refractivity contribution in [3.05, 3.63) is 29.1 Å². The summed E-state index contributed by atoms with van der Waals surface area (Å²) in [4.78, 5) is 0. The molecule has 0 fully saturated rings. The van der Waals surface area contributed by atoms with Crippen molar-refractivity contribution in [3.63, 3.8) is 0 Å². The lowest BCUT2D eigenvalue weighted by atomic mass is 10.00. The zero-order valence-electron chi connectivity index (χ0n) is 7.10. The first-order valence-electron chi connectivity index (χ1n) is 4.27. The van der Waals surface area contributed by atoms with Crippen LogP contribution in [0.2, 0.25) is 0 Å². The molecule has 0 radical (unpaired) electrons. The Kier molecular flexibility index (Phi) is 1.90. The van der Waals surface area contributed by atoms with Gasteiger partial charge < -0.3 is 5.32 Å². The van der Waals surface area contributed by atoms with E-state index in [0.717, 1.165) is 30.6 Å². The third-order valence-electron chi connectivity index (χ3n) is 2.23. The number of nitrogens with one attached hydrogen (secondary N) is 1. The number of anilines is 1. The Morgan fingerprint density at radius 2 is 2.31 bits per heavy atom. The smallest absolute Gasteiger partial charge is 0.124 e. The highest BCUT2D eigenvalue weighted by Crippen LogP contribution is 2.26. The molecule has 0 spiro atoms. The number of nitriles is 1. The summed E-state index contributed by atoms with van der Waals surface area (Å²) in [6, 6.07) is 4.77. The van der Waals surface area contributed by atoms with E-state index in [0.29, 0.717) is 5.56 Å². The molecule has 1 aromatic carbocycles. The summed E-state index contributed by atoms with van der Waals surface area (Å²) in [6.07, 6.45) is 1.86. The first-order chi connectivity index (χ1) is 6.31. The zero-order valence-corrected chi connectivity index (χ0v) is 7.10. The number of aryl methyl sites for hydroxylation is 1. The third kappa shape index (κ3) is 1.35. The molecule has 0 bridgehead atoms. The maximum absolute atomic E-state index is 13.0. The van der Waals surface area contributed by atoms with Crippen LogP contribution in [-0.2, 0) is 6.42 Å². The first-order valence-corrected chi connectivity index (χ1v) is 4.27. The van der Waals surface area contributed by atoms with Crippen molar-refractivity contribution in [3.8, 4) is 6.07 Å². The number of halogens is 1. The molecule has 1 aromatic rings.